The molecule has 0 saturated carbocycles. The molecule has 0 fully saturated rings. The molecule has 3 rings (SSSR count). The zero-order valence-corrected chi connectivity index (χ0v) is 16.8. The molecule has 2 amide bonds. The lowest BCUT2D eigenvalue weighted by Crippen LogP contribution is -2.36. The van der Waals surface area contributed by atoms with Crippen LogP contribution in [0.3, 0.4) is 0 Å². The van der Waals surface area contributed by atoms with Crippen molar-refractivity contribution in [1.29, 1.82) is 0 Å². The topological polar surface area (TPSA) is 61.4 Å². The van der Waals surface area contributed by atoms with Crippen LogP contribution in [0.4, 0.5) is 11.4 Å². The van der Waals surface area contributed by atoms with Gasteiger partial charge in [0.05, 0.1) is 13.1 Å². The van der Waals surface area contributed by atoms with Gasteiger partial charge in [-0.25, -0.2) is 0 Å². The summed E-state index contributed by atoms with van der Waals surface area (Å²) in [6.45, 7) is 0.188. The average molecular weight is 408 g/mol. The number of anilines is 2. The highest BCUT2D eigenvalue weighted by atomic mass is 35.5. The zero-order chi connectivity index (χ0) is 20.6. The van der Waals surface area contributed by atoms with Crippen molar-refractivity contribution in [2.45, 2.75) is 0 Å². The Labute approximate surface area is 175 Å². The number of benzene rings is 3. The molecule has 0 aromatic heterocycles. The van der Waals surface area contributed by atoms with Gasteiger partial charge in [-0.05, 0) is 42.9 Å². The van der Waals surface area contributed by atoms with Crippen molar-refractivity contribution in [2.75, 3.05) is 30.8 Å². The standard InChI is InChI=1S/C23H22ClN3O2/c1-27(15-22(28)25-19-13-11-18(24)12-14-19)16-23(29)26-21-10-6-5-9-20(21)17-7-3-2-4-8-17/h2-14H,15-16H2,1H3,(H,25,28)(H,26,29). The second-order valence-electron chi connectivity index (χ2n) is 6.69. The monoisotopic (exact) mass is 407 g/mol. The number of hydrogen-bond donors (Lipinski definition) is 2. The van der Waals surface area contributed by atoms with Gasteiger partial charge >= 0.3 is 0 Å². The zero-order valence-electron chi connectivity index (χ0n) is 16.1. The molecule has 6 heteroatoms. The fourth-order valence-electron chi connectivity index (χ4n) is 2.93. The molecule has 0 aliphatic rings. The van der Waals surface area contributed by atoms with Gasteiger partial charge in [-0.2, -0.15) is 0 Å². The van der Waals surface area contributed by atoms with E-state index < -0.39 is 0 Å². The van der Waals surface area contributed by atoms with Crippen LogP contribution < -0.4 is 10.6 Å². The lowest BCUT2D eigenvalue weighted by molar-refractivity contribution is -0.119. The Bertz CT molecular complexity index is 975. The highest BCUT2D eigenvalue weighted by Crippen LogP contribution is 2.27. The van der Waals surface area contributed by atoms with Crippen molar-refractivity contribution in [3.63, 3.8) is 0 Å². The molecule has 0 heterocycles. The van der Waals surface area contributed by atoms with Gasteiger partial charge < -0.3 is 10.6 Å². The summed E-state index contributed by atoms with van der Waals surface area (Å²) in [5, 5.41) is 6.33. The highest BCUT2D eigenvalue weighted by molar-refractivity contribution is 6.30. The van der Waals surface area contributed by atoms with Gasteiger partial charge in [-0.15, -0.1) is 0 Å². The van der Waals surface area contributed by atoms with E-state index in [4.69, 9.17) is 11.6 Å². The van der Waals surface area contributed by atoms with Crippen molar-refractivity contribution in [3.05, 3.63) is 83.9 Å². The quantitative estimate of drug-likeness (QED) is 0.605. The Hall–Kier alpha value is -3.15. The number of amides is 2. The van der Waals surface area contributed by atoms with E-state index in [1.807, 2.05) is 54.6 Å². The number of para-hydroxylation sites is 1. The van der Waals surface area contributed by atoms with Crippen molar-refractivity contribution >= 4 is 34.8 Å². The van der Waals surface area contributed by atoms with Crippen LogP contribution in [0.5, 0.6) is 0 Å². The van der Waals surface area contributed by atoms with Crippen LogP contribution in [-0.4, -0.2) is 36.9 Å². The Morgan fingerprint density at radius 1 is 0.793 bits per heavy atom. The van der Waals surface area contributed by atoms with Gasteiger partial charge in [-0.3, -0.25) is 14.5 Å². The van der Waals surface area contributed by atoms with Gasteiger partial charge in [0.1, 0.15) is 0 Å². The second kappa shape index (κ2) is 9.87. The fraction of sp³-hybridized carbons (Fsp3) is 0.130. The summed E-state index contributed by atoms with van der Waals surface area (Å²) in [5.74, 6) is -0.387. The van der Waals surface area contributed by atoms with E-state index in [1.165, 1.54) is 0 Å². The molecule has 0 aliphatic heterocycles. The number of carbonyl (C=O) groups excluding carboxylic acids is 2. The summed E-state index contributed by atoms with van der Waals surface area (Å²) in [6, 6.07) is 24.4. The van der Waals surface area contributed by atoms with Crippen LogP contribution in [-0.2, 0) is 9.59 Å². The number of hydrogen-bond acceptors (Lipinski definition) is 3. The number of nitrogens with one attached hydrogen (secondary N) is 2. The number of likely N-dealkylation sites (N-methyl/N-ethyl adjacent to an activating group) is 1. The second-order valence-corrected chi connectivity index (χ2v) is 7.12. The van der Waals surface area contributed by atoms with E-state index in [1.54, 1.807) is 36.2 Å². The normalized spacial score (nSPS) is 10.6. The van der Waals surface area contributed by atoms with Crippen LogP contribution in [0.15, 0.2) is 78.9 Å². The first-order valence-electron chi connectivity index (χ1n) is 9.19. The van der Waals surface area contributed by atoms with Crippen LogP contribution in [0.2, 0.25) is 5.02 Å². The molecule has 29 heavy (non-hydrogen) atoms. The Balaban J connectivity index is 1.55. The van der Waals surface area contributed by atoms with Crippen LogP contribution in [0.1, 0.15) is 0 Å². The molecule has 0 aliphatic carbocycles. The molecule has 0 unspecified atom stereocenters. The van der Waals surface area contributed by atoms with Crippen molar-refractivity contribution in [1.82, 2.24) is 4.90 Å². The third-order valence-electron chi connectivity index (χ3n) is 4.24. The minimum Gasteiger partial charge on any atom is -0.325 e. The smallest absolute Gasteiger partial charge is 0.238 e. The average Bonchev–Trinajstić information content (AvgIpc) is 2.70. The number of nitrogens with zero attached hydrogens (tertiary/aromatic N) is 1. The summed E-state index contributed by atoms with van der Waals surface area (Å²) in [4.78, 5) is 26.3. The van der Waals surface area contributed by atoms with Crippen molar-refractivity contribution < 1.29 is 9.59 Å². The molecule has 3 aromatic rings. The molecule has 2 N–H and O–H groups in total. The molecular weight excluding hydrogens is 386 g/mol. The third kappa shape index (κ3) is 6.17. The summed E-state index contributed by atoms with van der Waals surface area (Å²) in [6.07, 6.45) is 0. The van der Waals surface area contributed by atoms with E-state index in [0.717, 1.165) is 16.8 Å². The minimum absolute atomic E-state index is 0.0936. The van der Waals surface area contributed by atoms with Gasteiger partial charge in [0, 0.05) is 22.0 Å². The maximum atomic E-state index is 12.5. The highest BCUT2D eigenvalue weighted by Gasteiger charge is 2.13. The van der Waals surface area contributed by atoms with Crippen molar-refractivity contribution in [3.8, 4) is 11.1 Å². The maximum Gasteiger partial charge on any atom is 0.238 e. The number of halogens is 1. The van der Waals surface area contributed by atoms with Gasteiger partial charge in [0.2, 0.25) is 11.8 Å². The van der Waals surface area contributed by atoms with E-state index in [9.17, 15) is 9.59 Å². The molecule has 148 valence electrons. The Kier molecular flexibility index (Phi) is 7.00. The lowest BCUT2D eigenvalue weighted by Gasteiger charge is -2.17. The van der Waals surface area contributed by atoms with Crippen molar-refractivity contribution in [2.24, 2.45) is 0 Å². The summed E-state index contributed by atoms with van der Waals surface area (Å²) in [7, 11) is 1.73. The van der Waals surface area contributed by atoms with E-state index in [0.29, 0.717) is 10.7 Å². The number of carbonyl (C=O) groups is 2. The SMILES string of the molecule is CN(CC(=O)Nc1ccc(Cl)cc1)CC(=O)Nc1ccccc1-c1ccccc1. The first-order valence-corrected chi connectivity index (χ1v) is 9.57. The van der Waals surface area contributed by atoms with E-state index in [2.05, 4.69) is 10.6 Å². The molecule has 0 spiro atoms. The molecule has 5 nitrogen and oxygen atoms in total. The van der Waals surface area contributed by atoms with Crippen LogP contribution in [0.25, 0.3) is 11.1 Å². The summed E-state index contributed by atoms with van der Waals surface area (Å²) >= 11 is 5.84. The Morgan fingerprint density at radius 3 is 2.07 bits per heavy atom. The van der Waals surface area contributed by atoms with E-state index >= 15 is 0 Å². The molecule has 0 bridgehead atoms. The summed E-state index contributed by atoms with van der Waals surface area (Å²) < 4.78 is 0. The Morgan fingerprint density at radius 2 is 1.38 bits per heavy atom. The molecule has 0 radical (unpaired) electrons. The first kappa shape index (κ1) is 20.6. The lowest BCUT2D eigenvalue weighted by atomic mass is 10.0. The molecule has 3 aromatic carbocycles. The first-order chi connectivity index (χ1) is 14.0. The predicted molar refractivity (Wildman–Crippen MR) is 118 cm³/mol. The summed E-state index contributed by atoms with van der Waals surface area (Å²) in [5.41, 5.74) is 3.38. The van der Waals surface area contributed by atoms with Gasteiger partial charge in [-0.1, -0.05) is 60.1 Å². The minimum atomic E-state index is -0.202. The maximum absolute atomic E-state index is 12.5. The molecular formula is C23H22ClN3O2. The van der Waals surface area contributed by atoms with Crippen LogP contribution >= 0.6 is 11.6 Å². The van der Waals surface area contributed by atoms with Gasteiger partial charge in [0.25, 0.3) is 0 Å². The van der Waals surface area contributed by atoms with Crippen LogP contribution in [0, 0.1) is 0 Å². The van der Waals surface area contributed by atoms with E-state index in [-0.39, 0.29) is 24.9 Å². The predicted octanol–water partition coefficient (Wildman–Crippen LogP) is 4.52. The molecule has 0 saturated heterocycles. The number of rotatable bonds is 7. The molecule has 0 atom stereocenters. The van der Waals surface area contributed by atoms with Gasteiger partial charge in [0.15, 0.2) is 0 Å². The largest absolute Gasteiger partial charge is 0.325 e. The fourth-order valence-corrected chi connectivity index (χ4v) is 3.06. The third-order valence-corrected chi connectivity index (χ3v) is 4.49.